The van der Waals surface area contributed by atoms with Crippen LogP contribution in [-0.2, 0) is 5.88 Å². The highest BCUT2D eigenvalue weighted by Crippen LogP contribution is 2.28. The Kier molecular flexibility index (Phi) is 4.52. The van der Waals surface area contributed by atoms with Crippen LogP contribution in [-0.4, -0.2) is 11.1 Å². The first-order valence-electron chi connectivity index (χ1n) is 6.06. The quantitative estimate of drug-likeness (QED) is 0.760. The molecule has 1 saturated carbocycles. The minimum absolute atomic E-state index is 0.294. The number of rotatable bonds is 3. The smallest absolute Gasteiger partial charge is 0.213 e. The maximum Gasteiger partial charge on any atom is 0.213 e. The van der Waals surface area contributed by atoms with Gasteiger partial charge in [0.05, 0.1) is 5.02 Å². The van der Waals surface area contributed by atoms with Crippen LogP contribution in [0.25, 0.3) is 0 Å². The fourth-order valence-electron chi connectivity index (χ4n) is 2.14. The Labute approximate surface area is 112 Å². The van der Waals surface area contributed by atoms with E-state index in [1.165, 1.54) is 12.8 Å². The third-order valence-electron chi connectivity index (χ3n) is 3.30. The number of hydrogen-bond donors (Lipinski definition) is 0. The predicted molar refractivity (Wildman–Crippen MR) is 70.9 cm³/mol. The second-order valence-corrected chi connectivity index (χ2v) is 5.42. The van der Waals surface area contributed by atoms with Gasteiger partial charge in [-0.1, -0.05) is 18.5 Å². The predicted octanol–water partition coefficient (Wildman–Crippen LogP) is 4.43. The zero-order valence-electron chi connectivity index (χ0n) is 9.96. The maximum atomic E-state index is 5.96. The van der Waals surface area contributed by atoms with Gasteiger partial charge in [0.15, 0.2) is 0 Å². The van der Waals surface area contributed by atoms with Crippen molar-refractivity contribution >= 4 is 23.2 Å². The van der Waals surface area contributed by atoms with E-state index in [9.17, 15) is 0 Å². The van der Waals surface area contributed by atoms with Crippen LogP contribution in [0.3, 0.4) is 0 Å². The Morgan fingerprint density at radius 2 is 2.06 bits per heavy atom. The lowest BCUT2D eigenvalue weighted by atomic mass is 9.89. The Bertz CT molecular complexity index is 376. The lowest BCUT2D eigenvalue weighted by Crippen LogP contribution is -2.23. The summed E-state index contributed by atoms with van der Waals surface area (Å²) < 4.78 is 5.87. The largest absolute Gasteiger partial charge is 0.474 e. The van der Waals surface area contributed by atoms with Crippen LogP contribution in [0, 0.1) is 5.92 Å². The third kappa shape index (κ3) is 3.49. The first-order valence-corrected chi connectivity index (χ1v) is 6.97. The van der Waals surface area contributed by atoms with E-state index >= 15 is 0 Å². The minimum Gasteiger partial charge on any atom is -0.474 e. The molecule has 1 aromatic heterocycles. The highest BCUT2D eigenvalue weighted by Gasteiger charge is 2.20. The number of aromatic nitrogens is 1. The highest BCUT2D eigenvalue weighted by atomic mass is 35.5. The molecular weight excluding hydrogens is 257 g/mol. The molecule has 0 aliphatic heterocycles. The van der Waals surface area contributed by atoms with Crippen LogP contribution in [0.4, 0.5) is 0 Å². The molecule has 94 valence electrons. The molecular formula is C13H17Cl2NO. The van der Waals surface area contributed by atoms with Crippen LogP contribution in [0.5, 0.6) is 5.88 Å². The number of halogens is 2. The number of nitrogens with zero attached hydrogens (tertiary/aromatic N) is 1. The van der Waals surface area contributed by atoms with Gasteiger partial charge < -0.3 is 4.74 Å². The molecule has 2 rings (SSSR count). The van der Waals surface area contributed by atoms with Crippen LogP contribution in [0.2, 0.25) is 5.02 Å². The normalized spacial score (nSPS) is 24.6. The summed E-state index contributed by atoms with van der Waals surface area (Å²) >= 11 is 11.8. The van der Waals surface area contributed by atoms with Crippen molar-refractivity contribution in [3.8, 4) is 5.88 Å². The number of pyridine rings is 1. The fraction of sp³-hybridized carbons (Fsp3) is 0.615. The van der Waals surface area contributed by atoms with Crippen LogP contribution in [0.1, 0.15) is 38.2 Å². The Morgan fingerprint density at radius 3 is 2.71 bits per heavy atom. The summed E-state index contributed by atoms with van der Waals surface area (Å²) in [5, 5.41) is 0.601. The monoisotopic (exact) mass is 273 g/mol. The zero-order valence-corrected chi connectivity index (χ0v) is 11.5. The SMILES string of the molecule is CC1CCC(Oc2cc(CCl)c(Cl)cn2)CC1. The average molecular weight is 274 g/mol. The van der Waals surface area contributed by atoms with Crippen molar-refractivity contribution in [1.82, 2.24) is 4.98 Å². The molecule has 0 amide bonds. The van der Waals surface area contributed by atoms with E-state index in [1.807, 2.05) is 6.07 Å². The molecule has 1 aliphatic carbocycles. The van der Waals surface area contributed by atoms with E-state index in [1.54, 1.807) is 6.20 Å². The van der Waals surface area contributed by atoms with Crippen molar-refractivity contribution in [2.75, 3.05) is 0 Å². The summed E-state index contributed by atoms with van der Waals surface area (Å²) in [4.78, 5) is 4.19. The fourth-order valence-corrected chi connectivity index (χ4v) is 2.60. The maximum absolute atomic E-state index is 5.96. The van der Waals surface area contributed by atoms with Crippen molar-refractivity contribution < 1.29 is 4.74 Å². The lowest BCUT2D eigenvalue weighted by molar-refractivity contribution is 0.130. The summed E-state index contributed by atoms with van der Waals surface area (Å²) in [6.07, 6.45) is 6.60. The Balaban J connectivity index is 1.99. The molecule has 0 radical (unpaired) electrons. The highest BCUT2D eigenvalue weighted by molar-refractivity contribution is 6.32. The van der Waals surface area contributed by atoms with E-state index in [0.29, 0.717) is 22.9 Å². The molecule has 0 spiro atoms. The average Bonchev–Trinajstić information content (AvgIpc) is 2.34. The van der Waals surface area contributed by atoms with Gasteiger partial charge in [0.2, 0.25) is 5.88 Å². The van der Waals surface area contributed by atoms with Crippen molar-refractivity contribution in [2.24, 2.45) is 5.92 Å². The molecule has 0 saturated heterocycles. The van der Waals surface area contributed by atoms with Crippen molar-refractivity contribution in [2.45, 2.75) is 44.6 Å². The summed E-state index contributed by atoms with van der Waals surface area (Å²) in [7, 11) is 0. The molecule has 0 N–H and O–H groups in total. The van der Waals surface area contributed by atoms with Crippen molar-refractivity contribution in [3.63, 3.8) is 0 Å². The standard InChI is InChI=1S/C13H17Cl2NO/c1-9-2-4-11(5-3-9)17-13-6-10(7-14)12(15)8-16-13/h6,8-9,11H,2-5,7H2,1H3. The third-order valence-corrected chi connectivity index (χ3v) is 3.93. The van der Waals surface area contributed by atoms with Crippen LogP contribution >= 0.6 is 23.2 Å². The molecule has 1 heterocycles. The molecule has 0 atom stereocenters. The van der Waals surface area contributed by atoms with Gasteiger partial charge in [0, 0.05) is 18.1 Å². The zero-order chi connectivity index (χ0) is 12.3. The van der Waals surface area contributed by atoms with E-state index in [4.69, 9.17) is 27.9 Å². The van der Waals surface area contributed by atoms with Gasteiger partial charge in [0.1, 0.15) is 6.10 Å². The number of alkyl halides is 1. The van der Waals surface area contributed by atoms with Gasteiger partial charge in [0.25, 0.3) is 0 Å². The lowest BCUT2D eigenvalue weighted by Gasteiger charge is -2.26. The topological polar surface area (TPSA) is 22.1 Å². The Morgan fingerprint density at radius 1 is 1.35 bits per heavy atom. The molecule has 0 aromatic carbocycles. The number of ether oxygens (including phenoxy) is 1. The Hall–Kier alpha value is -0.470. The molecule has 1 aromatic rings. The van der Waals surface area contributed by atoms with Gasteiger partial charge in [-0.25, -0.2) is 4.98 Å². The van der Waals surface area contributed by atoms with Gasteiger partial charge >= 0.3 is 0 Å². The van der Waals surface area contributed by atoms with Crippen LogP contribution < -0.4 is 4.74 Å². The number of hydrogen-bond acceptors (Lipinski definition) is 2. The summed E-state index contributed by atoms with van der Waals surface area (Å²) in [5.41, 5.74) is 0.877. The second-order valence-electron chi connectivity index (χ2n) is 4.75. The molecule has 2 nitrogen and oxygen atoms in total. The molecule has 1 aliphatic rings. The molecule has 1 fully saturated rings. The summed E-state index contributed by atoms with van der Waals surface area (Å²) in [5.74, 6) is 1.86. The second kappa shape index (κ2) is 5.92. The molecule has 4 heteroatoms. The van der Waals surface area contributed by atoms with E-state index in [-0.39, 0.29) is 0 Å². The van der Waals surface area contributed by atoms with E-state index in [2.05, 4.69) is 11.9 Å². The van der Waals surface area contributed by atoms with Gasteiger partial charge in [-0.15, -0.1) is 11.6 Å². The van der Waals surface area contributed by atoms with Crippen molar-refractivity contribution in [1.29, 1.82) is 0 Å². The van der Waals surface area contributed by atoms with E-state index in [0.717, 1.165) is 24.3 Å². The van der Waals surface area contributed by atoms with Crippen molar-refractivity contribution in [3.05, 3.63) is 22.8 Å². The molecule has 17 heavy (non-hydrogen) atoms. The molecule has 0 unspecified atom stereocenters. The summed E-state index contributed by atoms with van der Waals surface area (Å²) in [6, 6.07) is 1.84. The van der Waals surface area contributed by atoms with Gasteiger partial charge in [-0.3, -0.25) is 0 Å². The first-order chi connectivity index (χ1) is 8.19. The minimum atomic E-state index is 0.294. The van der Waals surface area contributed by atoms with Gasteiger partial charge in [-0.2, -0.15) is 0 Å². The van der Waals surface area contributed by atoms with Gasteiger partial charge in [-0.05, 0) is 37.2 Å². The van der Waals surface area contributed by atoms with E-state index < -0.39 is 0 Å². The molecule has 0 bridgehead atoms. The summed E-state index contributed by atoms with van der Waals surface area (Å²) in [6.45, 7) is 2.29. The van der Waals surface area contributed by atoms with Crippen LogP contribution in [0.15, 0.2) is 12.3 Å². The first kappa shape index (κ1) is 13.0.